The molecule has 0 aliphatic rings. The first-order chi connectivity index (χ1) is 8.15. The summed E-state index contributed by atoms with van der Waals surface area (Å²) >= 11 is 6.78. The van der Waals surface area contributed by atoms with Crippen molar-refractivity contribution < 1.29 is 9.53 Å². The molecule has 0 saturated heterocycles. The molecule has 17 heavy (non-hydrogen) atoms. The molecule has 0 unspecified atom stereocenters. The molecule has 0 amide bonds. The zero-order chi connectivity index (χ0) is 12.4. The first-order valence-electron chi connectivity index (χ1n) is 4.22. The largest absolute Gasteiger partial charge is 0.465 e. The summed E-state index contributed by atoms with van der Waals surface area (Å²) in [5.74, 6) is -0.560. The number of nitrogens with zero attached hydrogens (tertiary/aromatic N) is 5. The van der Waals surface area contributed by atoms with Gasteiger partial charge in [-0.05, 0) is 0 Å². The Bertz CT molecular complexity index is 614. The monoisotopic (exact) mass is 269 g/mol. The Hall–Kier alpha value is -1.98. The Morgan fingerprint density at radius 3 is 3.06 bits per heavy atom. The summed E-state index contributed by atoms with van der Waals surface area (Å²) in [4.78, 5) is 19.1. The lowest BCUT2D eigenvalue weighted by Gasteiger charge is -1.92. The van der Waals surface area contributed by atoms with Gasteiger partial charge in [-0.2, -0.15) is 9.94 Å². The molecule has 0 atom stereocenters. The van der Waals surface area contributed by atoms with Crippen LogP contribution < -0.4 is 0 Å². The van der Waals surface area contributed by atoms with Crippen molar-refractivity contribution in [2.75, 3.05) is 7.11 Å². The maximum Gasteiger partial charge on any atom is 0.351 e. The van der Waals surface area contributed by atoms with Crippen LogP contribution in [0.15, 0.2) is 6.33 Å². The summed E-state index contributed by atoms with van der Waals surface area (Å²) in [6.07, 6.45) is 1.31. The maximum absolute atomic E-state index is 11.3. The van der Waals surface area contributed by atoms with E-state index >= 15 is 0 Å². The molecule has 2 rings (SSSR count). The minimum absolute atomic E-state index is 0.0101. The predicted octanol–water partition coefficient (Wildman–Crippen LogP) is 1.04. The van der Waals surface area contributed by atoms with Gasteiger partial charge in [0.1, 0.15) is 12.4 Å². The van der Waals surface area contributed by atoms with E-state index in [1.807, 2.05) is 0 Å². The van der Waals surface area contributed by atoms with E-state index in [1.165, 1.54) is 18.1 Å². The Morgan fingerprint density at radius 1 is 1.71 bits per heavy atom. The first kappa shape index (κ1) is 11.5. The van der Waals surface area contributed by atoms with Gasteiger partial charge in [-0.25, -0.2) is 14.8 Å². The number of esters is 1. The highest BCUT2D eigenvalue weighted by Crippen LogP contribution is 2.25. The molecule has 0 fully saturated rings. The molecule has 0 bridgehead atoms. The Kier molecular flexibility index (Phi) is 3.03. The Morgan fingerprint density at radius 2 is 2.47 bits per heavy atom. The number of thiazole rings is 1. The highest BCUT2D eigenvalue weighted by Gasteiger charge is 2.18. The van der Waals surface area contributed by atoms with Crippen LogP contribution in [0.2, 0.25) is 5.15 Å². The highest BCUT2D eigenvalue weighted by atomic mass is 35.5. The van der Waals surface area contributed by atoms with E-state index in [4.69, 9.17) is 16.9 Å². The molecule has 0 radical (unpaired) electrons. The number of aromatic nitrogens is 4. The molecule has 0 aliphatic carbocycles. The minimum atomic E-state index is -0.570. The van der Waals surface area contributed by atoms with Crippen molar-refractivity contribution in [1.82, 2.24) is 19.7 Å². The highest BCUT2D eigenvalue weighted by molar-refractivity contribution is 7.16. The third-order valence-corrected chi connectivity index (χ3v) is 3.14. The topological polar surface area (TPSA) is 93.7 Å². The molecular weight excluding hydrogens is 266 g/mol. The van der Waals surface area contributed by atoms with Crippen LogP contribution in [0, 0.1) is 11.3 Å². The summed E-state index contributed by atoms with van der Waals surface area (Å²) < 4.78 is 5.81. The number of halogens is 1. The van der Waals surface area contributed by atoms with Crippen molar-refractivity contribution >= 4 is 28.9 Å². The Balaban J connectivity index is 2.41. The van der Waals surface area contributed by atoms with Gasteiger partial charge in [-0.3, -0.25) is 0 Å². The lowest BCUT2D eigenvalue weighted by Crippen LogP contribution is -1.98. The predicted molar refractivity (Wildman–Crippen MR) is 58.1 cm³/mol. The number of nitriles is 1. The number of carbonyl (C=O) groups excluding carboxylic acids is 1. The number of rotatable bonds is 2. The van der Waals surface area contributed by atoms with Crippen LogP contribution in [0.4, 0.5) is 0 Å². The first-order valence-corrected chi connectivity index (χ1v) is 5.42. The van der Waals surface area contributed by atoms with Gasteiger partial charge in [0.05, 0.1) is 7.11 Å². The van der Waals surface area contributed by atoms with Crippen LogP contribution >= 0.6 is 22.9 Å². The molecule has 7 nitrogen and oxygen atoms in total. The lowest BCUT2D eigenvalue weighted by molar-refractivity contribution is 0.0606. The zero-order valence-electron chi connectivity index (χ0n) is 8.42. The van der Waals surface area contributed by atoms with Gasteiger partial charge in [-0.1, -0.05) is 22.9 Å². The second kappa shape index (κ2) is 4.48. The fourth-order valence-corrected chi connectivity index (χ4v) is 2.13. The molecule has 0 spiro atoms. The van der Waals surface area contributed by atoms with Crippen LogP contribution in [-0.4, -0.2) is 32.8 Å². The Labute approximate surface area is 104 Å². The summed E-state index contributed by atoms with van der Waals surface area (Å²) in [5, 5.41) is 12.8. The van der Waals surface area contributed by atoms with Crippen LogP contribution in [0.25, 0.3) is 5.13 Å². The van der Waals surface area contributed by atoms with Gasteiger partial charge >= 0.3 is 5.97 Å². The molecule has 0 saturated carbocycles. The molecule has 0 N–H and O–H groups in total. The van der Waals surface area contributed by atoms with Gasteiger partial charge in [0, 0.05) is 0 Å². The number of hydrogen-bond donors (Lipinski definition) is 0. The average Bonchev–Trinajstić information content (AvgIpc) is 2.94. The van der Waals surface area contributed by atoms with Gasteiger partial charge in [0.15, 0.2) is 10.0 Å². The van der Waals surface area contributed by atoms with Crippen molar-refractivity contribution in [3.05, 3.63) is 22.2 Å². The van der Waals surface area contributed by atoms with E-state index < -0.39 is 5.97 Å². The minimum Gasteiger partial charge on any atom is -0.465 e. The van der Waals surface area contributed by atoms with Crippen LogP contribution in [0.1, 0.15) is 15.5 Å². The number of hydrogen-bond acceptors (Lipinski definition) is 7. The van der Waals surface area contributed by atoms with E-state index in [9.17, 15) is 4.79 Å². The van der Waals surface area contributed by atoms with Gasteiger partial charge < -0.3 is 4.74 Å². The van der Waals surface area contributed by atoms with E-state index in [-0.39, 0.29) is 15.9 Å². The number of carbonyl (C=O) groups is 1. The molecule has 2 heterocycles. The van der Waals surface area contributed by atoms with Gasteiger partial charge in [-0.15, -0.1) is 5.10 Å². The smallest absolute Gasteiger partial charge is 0.351 e. The standard InChI is InChI=1S/C8H4ClN5O2S/c1-16-7(15)5-6(9)12-8(17-5)14-3-11-4(2-10)13-14/h3H,1H3. The summed E-state index contributed by atoms with van der Waals surface area (Å²) in [7, 11) is 1.25. The number of methoxy groups -OCH3 is 1. The summed E-state index contributed by atoms with van der Waals surface area (Å²) in [6, 6.07) is 1.78. The summed E-state index contributed by atoms with van der Waals surface area (Å²) in [6.45, 7) is 0. The van der Waals surface area contributed by atoms with Crippen molar-refractivity contribution in [3.8, 4) is 11.2 Å². The van der Waals surface area contributed by atoms with Crippen molar-refractivity contribution in [2.24, 2.45) is 0 Å². The van der Waals surface area contributed by atoms with E-state index in [0.29, 0.717) is 5.13 Å². The van der Waals surface area contributed by atoms with Crippen molar-refractivity contribution in [1.29, 1.82) is 5.26 Å². The quantitative estimate of drug-likeness (QED) is 0.756. The van der Waals surface area contributed by atoms with Crippen molar-refractivity contribution in [2.45, 2.75) is 0 Å². The van der Waals surface area contributed by atoms with Crippen LogP contribution in [0.5, 0.6) is 0 Å². The van der Waals surface area contributed by atoms with E-state index in [2.05, 4.69) is 19.8 Å². The second-order valence-electron chi connectivity index (χ2n) is 2.73. The fraction of sp³-hybridized carbons (Fsp3) is 0.125. The van der Waals surface area contributed by atoms with Crippen molar-refractivity contribution in [3.63, 3.8) is 0 Å². The fourth-order valence-electron chi connectivity index (χ4n) is 1.01. The molecule has 9 heteroatoms. The third kappa shape index (κ3) is 2.11. The molecule has 2 aromatic heterocycles. The SMILES string of the molecule is COC(=O)c1sc(-n2cnc(C#N)n2)nc1Cl. The summed E-state index contributed by atoms with van der Waals surface area (Å²) in [5.41, 5.74) is 0. The van der Waals surface area contributed by atoms with Crippen LogP contribution in [0.3, 0.4) is 0 Å². The zero-order valence-corrected chi connectivity index (χ0v) is 9.99. The van der Waals surface area contributed by atoms with Gasteiger partial charge in [0.2, 0.25) is 5.13 Å². The normalized spacial score (nSPS) is 9.94. The molecule has 0 aliphatic heterocycles. The molecule has 0 aromatic carbocycles. The average molecular weight is 270 g/mol. The maximum atomic E-state index is 11.3. The third-order valence-electron chi connectivity index (χ3n) is 1.73. The van der Waals surface area contributed by atoms with E-state index in [1.54, 1.807) is 6.07 Å². The van der Waals surface area contributed by atoms with Crippen LogP contribution in [-0.2, 0) is 4.74 Å². The number of ether oxygens (including phenoxy) is 1. The second-order valence-corrected chi connectivity index (χ2v) is 4.07. The lowest BCUT2D eigenvalue weighted by atomic mass is 10.6. The molecule has 2 aromatic rings. The molecular formula is C8H4ClN5O2S. The van der Waals surface area contributed by atoms with E-state index in [0.717, 1.165) is 11.3 Å². The molecule has 86 valence electrons. The van der Waals surface area contributed by atoms with Gasteiger partial charge in [0.25, 0.3) is 5.82 Å².